The standard InChI is InChI=1S/C17H17ClN8O3/c1-2-25-16-14(21-22-25)15(19-10-20-16)23-5-7-24(8-6-23)17(27)12-9-11(18)3-4-13(12)26(28)29/h3-4,9-10H,2,5-8H2,1H3. The van der Waals surface area contributed by atoms with E-state index in [0.717, 1.165) is 0 Å². The SMILES string of the molecule is CCn1nnc2c(N3CCN(C(=O)c4cc(Cl)ccc4[N+](=O)[O-])CC3)ncnc21. The number of halogens is 1. The van der Waals surface area contributed by atoms with Crippen LogP contribution in [0.15, 0.2) is 24.5 Å². The van der Waals surface area contributed by atoms with E-state index in [1.807, 2.05) is 11.8 Å². The van der Waals surface area contributed by atoms with Crippen molar-refractivity contribution in [2.75, 3.05) is 31.1 Å². The van der Waals surface area contributed by atoms with Gasteiger partial charge in [0.25, 0.3) is 11.6 Å². The molecule has 0 radical (unpaired) electrons. The van der Waals surface area contributed by atoms with Gasteiger partial charge in [-0.25, -0.2) is 14.6 Å². The van der Waals surface area contributed by atoms with Gasteiger partial charge in [0, 0.05) is 43.8 Å². The Labute approximate surface area is 170 Å². The summed E-state index contributed by atoms with van der Waals surface area (Å²) >= 11 is 5.95. The Bertz CT molecular complexity index is 1090. The Morgan fingerprint density at radius 3 is 2.69 bits per heavy atom. The molecule has 0 bridgehead atoms. The number of nitro groups is 1. The number of carbonyl (C=O) groups excluding carboxylic acids is 1. The molecule has 11 nitrogen and oxygen atoms in total. The maximum atomic E-state index is 12.9. The molecule has 2 aromatic heterocycles. The zero-order valence-electron chi connectivity index (χ0n) is 15.5. The molecule has 0 aliphatic carbocycles. The molecular formula is C17H17ClN8O3. The van der Waals surface area contributed by atoms with Crippen molar-refractivity contribution in [2.45, 2.75) is 13.5 Å². The van der Waals surface area contributed by atoms with Gasteiger partial charge in [-0.3, -0.25) is 14.9 Å². The van der Waals surface area contributed by atoms with Crippen LogP contribution in [0.4, 0.5) is 11.5 Å². The fraction of sp³-hybridized carbons (Fsp3) is 0.353. The number of amides is 1. The van der Waals surface area contributed by atoms with Crippen molar-refractivity contribution in [3.8, 4) is 0 Å². The van der Waals surface area contributed by atoms with E-state index in [0.29, 0.717) is 49.7 Å². The number of hydrogen-bond donors (Lipinski definition) is 0. The summed E-state index contributed by atoms with van der Waals surface area (Å²) in [6.07, 6.45) is 1.47. The Balaban J connectivity index is 1.54. The van der Waals surface area contributed by atoms with Crippen molar-refractivity contribution < 1.29 is 9.72 Å². The molecule has 1 aliphatic rings. The number of fused-ring (bicyclic) bond motifs is 1. The molecule has 0 unspecified atom stereocenters. The molecule has 1 aromatic carbocycles. The molecule has 1 amide bonds. The van der Waals surface area contributed by atoms with Gasteiger partial charge in [0.05, 0.1) is 4.92 Å². The largest absolute Gasteiger partial charge is 0.351 e. The third-order valence-corrected chi connectivity index (χ3v) is 5.07. The second-order valence-electron chi connectivity index (χ2n) is 6.47. The Kier molecular flexibility index (Phi) is 4.97. The normalized spacial score (nSPS) is 14.4. The van der Waals surface area contributed by atoms with Gasteiger partial charge < -0.3 is 9.80 Å². The monoisotopic (exact) mass is 416 g/mol. The molecule has 1 saturated heterocycles. The molecule has 3 aromatic rings. The molecule has 0 spiro atoms. The summed E-state index contributed by atoms with van der Waals surface area (Å²) in [6, 6.07) is 3.99. The highest BCUT2D eigenvalue weighted by Crippen LogP contribution is 2.26. The van der Waals surface area contributed by atoms with E-state index in [1.165, 1.54) is 24.5 Å². The molecule has 0 atom stereocenters. The number of benzene rings is 1. The smallest absolute Gasteiger partial charge is 0.282 e. The summed E-state index contributed by atoms with van der Waals surface area (Å²) in [5.41, 5.74) is 1.01. The Hall–Kier alpha value is -3.34. The summed E-state index contributed by atoms with van der Waals surface area (Å²) in [6.45, 7) is 4.38. The fourth-order valence-electron chi connectivity index (χ4n) is 3.35. The number of aryl methyl sites for hydroxylation is 1. The Morgan fingerprint density at radius 2 is 2.00 bits per heavy atom. The topological polar surface area (TPSA) is 123 Å². The first kappa shape index (κ1) is 19.0. The zero-order chi connectivity index (χ0) is 20.5. The van der Waals surface area contributed by atoms with Crippen molar-refractivity contribution in [2.24, 2.45) is 0 Å². The number of piperazine rings is 1. The molecule has 3 heterocycles. The van der Waals surface area contributed by atoms with Gasteiger partial charge in [-0.05, 0) is 19.1 Å². The number of anilines is 1. The van der Waals surface area contributed by atoms with Crippen LogP contribution in [0.3, 0.4) is 0 Å². The highest BCUT2D eigenvalue weighted by molar-refractivity contribution is 6.31. The quantitative estimate of drug-likeness (QED) is 0.465. The summed E-state index contributed by atoms with van der Waals surface area (Å²) < 4.78 is 1.69. The zero-order valence-corrected chi connectivity index (χ0v) is 16.3. The number of aromatic nitrogens is 5. The molecule has 0 saturated carbocycles. The van der Waals surface area contributed by atoms with Crippen molar-refractivity contribution in [3.05, 3.63) is 45.2 Å². The van der Waals surface area contributed by atoms with Gasteiger partial charge in [-0.1, -0.05) is 16.8 Å². The van der Waals surface area contributed by atoms with E-state index < -0.39 is 10.8 Å². The van der Waals surface area contributed by atoms with E-state index in [1.54, 1.807) is 9.58 Å². The molecule has 12 heteroatoms. The minimum atomic E-state index is -0.575. The molecule has 4 rings (SSSR count). The van der Waals surface area contributed by atoms with Gasteiger partial charge in [-0.15, -0.1) is 5.10 Å². The van der Waals surface area contributed by atoms with Crippen LogP contribution in [0.25, 0.3) is 11.2 Å². The van der Waals surface area contributed by atoms with E-state index in [9.17, 15) is 14.9 Å². The van der Waals surface area contributed by atoms with Crippen LogP contribution < -0.4 is 4.90 Å². The first-order valence-electron chi connectivity index (χ1n) is 9.02. The van der Waals surface area contributed by atoms with Crippen LogP contribution in [0.2, 0.25) is 5.02 Å². The summed E-state index contributed by atoms with van der Waals surface area (Å²) in [5, 5.41) is 19.8. The van der Waals surface area contributed by atoms with E-state index in [2.05, 4.69) is 20.3 Å². The lowest BCUT2D eigenvalue weighted by Gasteiger charge is -2.35. The molecule has 1 fully saturated rings. The van der Waals surface area contributed by atoms with Crippen molar-refractivity contribution in [1.29, 1.82) is 0 Å². The van der Waals surface area contributed by atoms with Crippen molar-refractivity contribution in [3.63, 3.8) is 0 Å². The maximum absolute atomic E-state index is 12.9. The van der Waals surface area contributed by atoms with Gasteiger partial charge in [0.1, 0.15) is 11.9 Å². The number of hydrogen-bond acceptors (Lipinski definition) is 8. The number of carbonyl (C=O) groups is 1. The van der Waals surface area contributed by atoms with Gasteiger partial charge >= 0.3 is 0 Å². The van der Waals surface area contributed by atoms with Crippen molar-refractivity contribution >= 4 is 40.2 Å². The van der Waals surface area contributed by atoms with E-state index in [-0.39, 0.29) is 16.3 Å². The average molecular weight is 417 g/mol. The first-order chi connectivity index (χ1) is 14.0. The third kappa shape index (κ3) is 3.44. The molecule has 0 N–H and O–H groups in total. The van der Waals surface area contributed by atoms with Crippen molar-refractivity contribution in [1.82, 2.24) is 29.9 Å². The number of rotatable bonds is 4. The Morgan fingerprint density at radius 1 is 1.24 bits per heavy atom. The first-order valence-corrected chi connectivity index (χ1v) is 9.39. The van der Waals surface area contributed by atoms with Crippen LogP contribution in [0.1, 0.15) is 17.3 Å². The van der Waals surface area contributed by atoms with E-state index in [4.69, 9.17) is 11.6 Å². The van der Waals surface area contributed by atoms with E-state index >= 15 is 0 Å². The predicted octanol–water partition coefficient (Wildman–Crippen LogP) is 1.77. The molecule has 1 aliphatic heterocycles. The minimum Gasteiger partial charge on any atom is -0.351 e. The van der Waals surface area contributed by atoms with Crippen LogP contribution in [-0.2, 0) is 6.54 Å². The summed E-state index contributed by atoms with van der Waals surface area (Å²) in [5.74, 6) is 0.249. The summed E-state index contributed by atoms with van der Waals surface area (Å²) in [7, 11) is 0. The second-order valence-corrected chi connectivity index (χ2v) is 6.91. The third-order valence-electron chi connectivity index (χ3n) is 4.83. The van der Waals surface area contributed by atoms with Crippen LogP contribution in [0, 0.1) is 10.1 Å². The molecule has 150 valence electrons. The van der Waals surface area contributed by atoms with Gasteiger partial charge in [-0.2, -0.15) is 0 Å². The lowest BCUT2D eigenvalue weighted by Crippen LogP contribution is -2.49. The van der Waals surface area contributed by atoms with Crippen LogP contribution >= 0.6 is 11.6 Å². The predicted molar refractivity (Wildman–Crippen MR) is 105 cm³/mol. The van der Waals surface area contributed by atoms with Crippen LogP contribution in [-0.4, -0.2) is 66.9 Å². The molecular weight excluding hydrogens is 400 g/mol. The van der Waals surface area contributed by atoms with Gasteiger partial charge in [0.2, 0.25) is 0 Å². The maximum Gasteiger partial charge on any atom is 0.282 e. The highest BCUT2D eigenvalue weighted by Gasteiger charge is 2.29. The average Bonchev–Trinajstić information content (AvgIpc) is 3.16. The summed E-state index contributed by atoms with van der Waals surface area (Å²) in [4.78, 5) is 35.7. The lowest BCUT2D eigenvalue weighted by atomic mass is 10.1. The number of nitrogens with zero attached hydrogens (tertiary/aromatic N) is 8. The lowest BCUT2D eigenvalue weighted by molar-refractivity contribution is -0.385. The number of nitro benzene ring substituents is 1. The highest BCUT2D eigenvalue weighted by atomic mass is 35.5. The second kappa shape index (κ2) is 7.59. The minimum absolute atomic E-state index is 0.00809. The van der Waals surface area contributed by atoms with Crippen LogP contribution in [0.5, 0.6) is 0 Å². The fourth-order valence-corrected chi connectivity index (χ4v) is 3.53. The molecule has 29 heavy (non-hydrogen) atoms. The van der Waals surface area contributed by atoms with Gasteiger partial charge in [0.15, 0.2) is 17.0 Å².